The Balaban J connectivity index is 2.12. The summed E-state index contributed by atoms with van der Waals surface area (Å²) in [5.74, 6) is 0. The van der Waals surface area contributed by atoms with Crippen LogP contribution in [0, 0.1) is 22.7 Å². The Morgan fingerprint density at radius 2 is 1.74 bits per heavy atom. The maximum Gasteiger partial charge on any atom is 0.101 e. The van der Waals surface area contributed by atoms with E-state index in [9.17, 15) is 0 Å². The van der Waals surface area contributed by atoms with Crippen LogP contribution in [0.1, 0.15) is 37.8 Å². The molecule has 1 aliphatic heterocycles. The lowest BCUT2D eigenvalue weighted by Crippen LogP contribution is -2.36. The molecule has 98 valence electrons. The van der Waals surface area contributed by atoms with Crippen molar-refractivity contribution in [2.24, 2.45) is 0 Å². The third kappa shape index (κ3) is 3.24. The molecule has 19 heavy (non-hydrogen) atoms. The van der Waals surface area contributed by atoms with E-state index in [1.807, 2.05) is 12.1 Å². The summed E-state index contributed by atoms with van der Waals surface area (Å²) in [6.07, 6.45) is 2.39. The smallest absolute Gasteiger partial charge is 0.101 e. The van der Waals surface area contributed by atoms with Gasteiger partial charge in [-0.25, -0.2) is 0 Å². The largest absolute Gasteiger partial charge is 0.382 e. The van der Waals surface area contributed by atoms with E-state index in [4.69, 9.17) is 15.3 Å². The molecule has 1 heterocycles. The average Bonchev–Trinajstić information content (AvgIpc) is 2.37. The highest BCUT2D eigenvalue weighted by molar-refractivity contribution is 5.56. The molecule has 0 spiro atoms. The summed E-state index contributed by atoms with van der Waals surface area (Å²) in [5, 5.41) is 21.3. The molecule has 1 saturated heterocycles. The SMILES string of the molecule is CC1CC(Nc2ccc(C#N)c(C#N)c2)CC(C)O1. The van der Waals surface area contributed by atoms with Crippen LogP contribution in [0.2, 0.25) is 0 Å². The van der Waals surface area contributed by atoms with Gasteiger partial charge in [-0.2, -0.15) is 10.5 Å². The first-order chi connectivity index (χ1) is 9.12. The van der Waals surface area contributed by atoms with Crippen molar-refractivity contribution in [3.05, 3.63) is 29.3 Å². The second-order valence-electron chi connectivity index (χ2n) is 5.05. The number of hydrogen-bond donors (Lipinski definition) is 1. The Hall–Kier alpha value is -2.04. The fourth-order valence-electron chi connectivity index (χ4n) is 2.58. The van der Waals surface area contributed by atoms with Gasteiger partial charge >= 0.3 is 0 Å². The molecule has 0 saturated carbocycles. The van der Waals surface area contributed by atoms with Gasteiger partial charge in [-0.15, -0.1) is 0 Å². The Labute approximate surface area is 113 Å². The number of rotatable bonds is 2. The van der Waals surface area contributed by atoms with Crippen molar-refractivity contribution in [3.8, 4) is 12.1 Å². The first-order valence-electron chi connectivity index (χ1n) is 6.48. The number of nitrogens with zero attached hydrogens (tertiary/aromatic N) is 2. The van der Waals surface area contributed by atoms with Gasteiger partial charge in [-0.1, -0.05) is 0 Å². The van der Waals surface area contributed by atoms with Crippen molar-refractivity contribution in [2.75, 3.05) is 5.32 Å². The lowest BCUT2D eigenvalue weighted by atomic mass is 9.99. The summed E-state index contributed by atoms with van der Waals surface area (Å²) in [6.45, 7) is 4.15. The molecule has 2 unspecified atom stereocenters. The van der Waals surface area contributed by atoms with Crippen LogP contribution in [0.5, 0.6) is 0 Å². The van der Waals surface area contributed by atoms with Gasteiger partial charge in [0, 0.05) is 11.7 Å². The van der Waals surface area contributed by atoms with E-state index in [1.54, 1.807) is 12.1 Å². The number of anilines is 1. The van der Waals surface area contributed by atoms with Crippen LogP contribution in [-0.4, -0.2) is 18.2 Å². The summed E-state index contributed by atoms with van der Waals surface area (Å²) in [5.41, 5.74) is 1.73. The van der Waals surface area contributed by atoms with Crippen molar-refractivity contribution in [1.82, 2.24) is 0 Å². The van der Waals surface area contributed by atoms with E-state index in [0.29, 0.717) is 17.2 Å². The van der Waals surface area contributed by atoms with Crippen molar-refractivity contribution >= 4 is 5.69 Å². The second kappa shape index (κ2) is 5.73. The normalized spacial score (nSPS) is 26.2. The van der Waals surface area contributed by atoms with Gasteiger partial charge in [0.2, 0.25) is 0 Å². The molecular formula is C15H17N3O. The second-order valence-corrected chi connectivity index (χ2v) is 5.05. The molecule has 0 bridgehead atoms. The molecule has 4 heteroatoms. The van der Waals surface area contributed by atoms with E-state index < -0.39 is 0 Å². The van der Waals surface area contributed by atoms with Crippen molar-refractivity contribution < 1.29 is 4.74 Å². The minimum absolute atomic E-state index is 0.245. The van der Waals surface area contributed by atoms with Crippen LogP contribution in [-0.2, 0) is 4.74 Å². The summed E-state index contributed by atoms with van der Waals surface area (Å²) < 4.78 is 5.70. The molecule has 0 radical (unpaired) electrons. The zero-order chi connectivity index (χ0) is 13.8. The molecular weight excluding hydrogens is 238 g/mol. The molecule has 1 N–H and O–H groups in total. The van der Waals surface area contributed by atoms with Gasteiger partial charge in [0.05, 0.1) is 23.3 Å². The average molecular weight is 255 g/mol. The van der Waals surface area contributed by atoms with E-state index in [1.165, 1.54) is 0 Å². The maximum absolute atomic E-state index is 9.02. The van der Waals surface area contributed by atoms with Gasteiger partial charge in [-0.05, 0) is 44.9 Å². The van der Waals surface area contributed by atoms with E-state index in [2.05, 4.69) is 25.2 Å². The standard InChI is InChI=1S/C15H17N3O/c1-10-5-15(6-11(2)19-10)18-14-4-3-12(8-16)13(7-14)9-17/h3-4,7,10-11,15,18H,5-6H2,1-2H3. The van der Waals surface area contributed by atoms with Gasteiger partial charge < -0.3 is 10.1 Å². The van der Waals surface area contributed by atoms with Crippen LogP contribution >= 0.6 is 0 Å². The molecule has 1 aromatic rings. The molecule has 0 aromatic heterocycles. The number of benzene rings is 1. The Morgan fingerprint density at radius 3 is 2.32 bits per heavy atom. The topological polar surface area (TPSA) is 68.8 Å². The monoisotopic (exact) mass is 255 g/mol. The highest BCUT2D eigenvalue weighted by atomic mass is 16.5. The maximum atomic E-state index is 9.02. The predicted molar refractivity (Wildman–Crippen MR) is 72.5 cm³/mol. The summed E-state index contributed by atoms with van der Waals surface area (Å²) in [4.78, 5) is 0. The fourth-order valence-corrected chi connectivity index (χ4v) is 2.58. The lowest BCUT2D eigenvalue weighted by Gasteiger charge is -2.33. The predicted octanol–water partition coefficient (Wildman–Crippen LogP) is 2.80. The van der Waals surface area contributed by atoms with Crippen LogP contribution < -0.4 is 5.32 Å². The van der Waals surface area contributed by atoms with Crippen LogP contribution in [0.15, 0.2) is 18.2 Å². The summed E-state index contributed by atoms with van der Waals surface area (Å²) >= 11 is 0. The zero-order valence-corrected chi connectivity index (χ0v) is 11.2. The first-order valence-corrected chi connectivity index (χ1v) is 6.48. The van der Waals surface area contributed by atoms with E-state index >= 15 is 0 Å². The third-order valence-corrected chi connectivity index (χ3v) is 3.33. The molecule has 1 fully saturated rings. The van der Waals surface area contributed by atoms with E-state index in [0.717, 1.165) is 18.5 Å². The van der Waals surface area contributed by atoms with Gasteiger partial charge in [0.1, 0.15) is 12.1 Å². The lowest BCUT2D eigenvalue weighted by molar-refractivity contribution is -0.0337. The fraction of sp³-hybridized carbons (Fsp3) is 0.467. The Morgan fingerprint density at radius 1 is 1.11 bits per heavy atom. The van der Waals surface area contributed by atoms with E-state index in [-0.39, 0.29) is 12.2 Å². The molecule has 2 atom stereocenters. The zero-order valence-electron chi connectivity index (χ0n) is 11.2. The molecule has 0 amide bonds. The van der Waals surface area contributed by atoms with Crippen molar-refractivity contribution in [2.45, 2.75) is 44.9 Å². The number of nitrogens with one attached hydrogen (secondary N) is 1. The van der Waals surface area contributed by atoms with Crippen LogP contribution in [0.4, 0.5) is 5.69 Å². The quantitative estimate of drug-likeness (QED) is 0.882. The number of hydrogen-bond acceptors (Lipinski definition) is 4. The minimum atomic E-state index is 0.245. The Bertz CT molecular complexity index is 531. The summed E-state index contributed by atoms with van der Waals surface area (Å²) in [6, 6.07) is 9.70. The summed E-state index contributed by atoms with van der Waals surface area (Å²) in [7, 11) is 0. The molecule has 2 rings (SSSR count). The molecule has 1 aromatic carbocycles. The number of ether oxygens (including phenoxy) is 1. The number of nitriles is 2. The molecule has 1 aliphatic rings. The van der Waals surface area contributed by atoms with Gasteiger partial charge in [-0.3, -0.25) is 0 Å². The molecule has 4 nitrogen and oxygen atoms in total. The van der Waals surface area contributed by atoms with Crippen LogP contribution in [0.3, 0.4) is 0 Å². The highest BCUT2D eigenvalue weighted by Gasteiger charge is 2.24. The Kier molecular flexibility index (Phi) is 4.04. The molecule has 0 aliphatic carbocycles. The van der Waals surface area contributed by atoms with Crippen molar-refractivity contribution in [3.63, 3.8) is 0 Å². The third-order valence-electron chi connectivity index (χ3n) is 3.33. The van der Waals surface area contributed by atoms with Gasteiger partial charge in [0.25, 0.3) is 0 Å². The highest BCUT2D eigenvalue weighted by Crippen LogP contribution is 2.23. The van der Waals surface area contributed by atoms with Crippen molar-refractivity contribution in [1.29, 1.82) is 10.5 Å². The van der Waals surface area contributed by atoms with Crippen LogP contribution in [0.25, 0.3) is 0 Å². The minimum Gasteiger partial charge on any atom is -0.382 e. The van der Waals surface area contributed by atoms with Gasteiger partial charge in [0.15, 0.2) is 0 Å². The first kappa shape index (κ1) is 13.4.